The van der Waals surface area contributed by atoms with Gasteiger partial charge in [0.25, 0.3) is 0 Å². The van der Waals surface area contributed by atoms with Crippen molar-refractivity contribution in [2.75, 3.05) is 0 Å². The van der Waals surface area contributed by atoms with Gasteiger partial charge < -0.3 is 0 Å². The van der Waals surface area contributed by atoms with Crippen molar-refractivity contribution in [3.8, 4) is 0 Å². The average Bonchev–Trinajstić information content (AvgIpc) is 2.39. The van der Waals surface area contributed by atoms with E-state index in [-0.39, 0.29) is 0 Å². The normalized spacial score (nSPS) is 11.7. The quantitative estimate of drug-likeness (QED) is 0.410. The van der Waals surface area contributed by atoms with Gasteiger partial charge in [-0.25, -0.2) is 0 Å². The summed E-state index contributed by atoms with van der Waals surface area (Å²) >= 11 is -1.34. The molecule has 0 fully saturated rings. The van der Waals surface area contributed by atoms with Gasteiger partial charge in [0, 0.05) is 0 Å². The van der Waals surface area contributed by atoms with Gasteiger partial charge in [-0.3, -0.25) is 0 Å². The van der Waals surface area contributed by atoms with E-state index in [2.05, 4.69) is 81.4 Å². The van der Waals surface area contributed by atoms with Gasteiger partial charge in [0.15, 0.2) is 0 Å². The van der Waals surface area contributed by atoms with Crippen LogP contribution in [0.2, 0.25) is 0 Å². The molecule has 2 aromatic rings. The zero-order chi connectivity index (χ0) is 15.9. The molecule has 4 heteroatoms. The van der Waals surface area contributed by atoms with E-state index < -0.39 is 26.5 Å². The second-order valence-corrected chi connectivity index (χ2v) is 12.5. The van der Waals surface area contributed by atoms with Crippen molar-refractivity contribution in [3.05, 3.63) is 67.8 Å². The van der Waals surface area contributed by atoms with Gasteiger partial charge in [-0.05, 0) is 0 Å². The van der Waals surface area contributed by atoms with Crippen LogP contribution in [0.15, 0.2) is 60.7 Å². The Bertz CT molecular complexity index is 464. The van der Waals surface area contributed by atoms with Crippen molar-refractivity contribution in [2.24, 2.45) is 0 Å². The Kier molecular flexibility index (Phi) is 7.22. The molecule has 0 bridgehead atoms. The largest absolute Gasteiger partial charge is 0.379 e. The average molecular weight is 408 g/mol. The number of hydrogen-bond donors (Lipinski definition) is 0. The van der Waals surface area contributed by atoms with Gasteiger partial charge in [-0.15, -0.1) is 0 Å². The third-order valence-corrected chi connectivity index (χ3v) is 9.64. The number of rotatable bonds is 2. The summed E-state index contributed by atoms with van der Waals surface area (Å²) in [7, 11) is 0. The van der Waals surface area contributed by atoms with Crippen molar-refractivity contribution < 1.29 is 13.2 Å². The van der Waals surface area contributed by atoms with Crippen LogP contribution in [0.3, 0.4) is 0 Å². The molecular formula is C17H20F3I. The Balaban J connectivity index is 0.000000491. The summed E-state index contributed by atoms with van der Waals surface area (Å²) in [5.41, 5.74) is 0. The fourth-order valence-corrected chi connectivity index (χ4v) is 8.59. The Hall–Kier alpha value is -1.04. The minimum absolute atomic E-state index is 0.382. The Morgan fingerprint density at radius 1 is 0.714 bits per heavy atom. The zero-order valence-corrected chi connectivity index (χ0v) is 14.5. The molecule has 2 rings (SSSR count). The van der Waals surface area contributed by atoms with Crippen LogP contribution in [-0.4, -0.2) is 10.1 Å². The smallest absolute Gasteiger partial charge is 0.174 e. The molecule has 116 valence electrons. The monoisotopic (exact) mass is 408 g/mol. The van der Waals surface area contributed by atoms with E-state index in [1.54, 1.807) is 7.14 Å². The molecule has 0 unspecified atom stereocenters. The first-order valence-electron chi connectivity index (χ1n) is 6.54. The molecule has 0 aliphatic heterocycles. The second kappa shape index (κ2) is 8.41. The van der Waals surface area contributed by atoms with Crippen molar-refractivity contribution in [2.45, 2.75) is 30.9 Å². The predicted octanol–water partition coefficient (Wildman–Crippen LogP) is 6.21. The fraction of sp³-hybridized carbons (Fsp3) is 0.294. The summed E-state index contributed by atoms with van der Waals surface area (Å²) in [4.78, 5) is 0. The predicted molar refractivity (Wildman–Crippen MR) is 91.2 cm³/mol. The molecule has 0 N–H and O–H groups in total. The molecule has 2 aromatic carbocycles. The van der Waals surface area contributed by atoms with E-state index in [1.165, 1.54) is 0 Å². The Labute approximate surface area is 131 Å². The van der Waals surface area contributed by atoms with Gasteiger partial charge in [0.2, 0.25) is 0 Å². The second-order valence-electron chi connectivity index (χ2n) is 5.19. The Morgan fingerprint density at radius 3 is 1.24 bits per heavy atom. The van der Waals surface area contributed by atoms with Crippen molar-refractivity contribution in [3.63, 3.8) is 0 Å². The fourth-order valence-electron chi connectivity index (χ4n) is 1.86. The molecule has 0 aliphatic carbocycles. The van der Waals surface area contributed by atoms with Crippen LogP contribution < -0.4 is 0 Å². The molecule has 21 heavy (non-hydrogen) atoms. The third kappa shape index (κ3) is 6.50. The first kappa shape index (κ1) is 18.0. The summed E-state index contributed by atoms with van der Waals surface area (Å²) < 4.78 is 32.5. The van der Waals surface area contributed by atoms with Gasteiger partial charge in [-0.2, -0.15) is 13.2 Å². The van der Waals surface area contributed by atoms with E-state index >= 15 is 0 Å². The third-order valence-electron chi connectivity index (χ3n) is 2.47. The van der Waals surface area contributed by atoms with Gasteiger partial charge in [-0.1, -0.05) is 0 Å². The van der Waals surface area contributed by atoms with Crippen LogP contribution in [0.1, 0.15) is 20.8 Å². The van der Waals surface area contributed by atoms with Crippen LogP contribution in [-0.2, 0) is 0 Å². The van der Waals surface area contributed by atoms with E-state index in [4.69, 9.17) is 0 Å². The van der Waals surface area contributed by atoms with Gasteiger partial charge >= 0.3 is 118 Å². The number of benzene rings is 2. The van der Waals surface area contributed by atoms with Gasteiger partial charge in [0.05, 0.1) is 0 Å². The number of alkyl halides is 4. The van der Waals surface area contributed by atoms with E-state index in [0.29, 0.717) is 3.42 Å². The number of hydrogen-bond acceptors (Lipinski definition) is 0. The summed E-state index contributed by atoms with van der Waals surface area (Å²) in [6.45, 7) is 3.45. The van der Waals surface area contributed by atoms with Crippen LogP contribution >= 0.6 is 19.8 Å². The summed E-state index contributed by atoms with van der Waals surface area (Å²) in [6.07, 6.45) is 0. The SMILES string of the molecule is CC(C)(C)I(c1ccccc1)c1ccccc1.FC(F)F. The van der Waals surface area contributed by atoms with Crippen molar-refractivity contribution in [1.29, 1.82) is 0 Å². The van der Waals surface area contributed by atoms with Gasteiger partial charge in [0.1, 0.15) is 0 Å². The van der Waals surface area contributed by atoms with Crippen LogP contribution in [0.25, 0.3) is 0 Å². The first-order chi connectivity index (χ1) is 9.82. The van der Waals surface area contributed by atoms with E-state index in [1.807, 2.05) is 0 Å². The maximum Gasteiger partial charge on any atom is 0.379 e. The first-order valence-corrected chi connectivity index (χ1v) is 9.78. The molecular weight excluding hydrogens is 388 g/mol. The molecule has 0 spiro atoms. The van der Waals surface area contributed by atoms with Crippen LogP contribution in [0.5, 0.6) is 0 Å². The summed E-state index contributed by atoms with van der Waals surface area (Å²) in [5.74, 6) is 0. The van der Waals surface area contributed by atoms with Crippen molar-refractivity contribution in [1.82, 2.24) is 0 Å². The number of halogens is 4. The molecule has 0 atom stereocenters. The van der Waals surface area contributed by atoms with E-state index in [9.17, 15) is 13.2 Å². The summed E-state index contributed by atoms with van der Waals surface area (Å²) in [5, 5.41) is 0. The molecule has 0 aliphatic rings. The topological polar surface area (TPSA) is 0 Å². The minimum atomic E-state index is -3.67. The maximum absolute atomic E-state index is 9.67. The molecule has 0 heterocycles. The zero-order valence-electron chi connectivity index (χ0n) is 12.4. The van der Waals surface area contributed by atoms with E-state index in [0.717, 1.165) is 0 Å². The molecule has 0 saturated carbocycles. The maximum atomic E-state index is 9.67. The Morgan fingerprint density at radius 2 is 1.00 bits per heavy atom. The molecule has 0 radical (unpaired) electrons. The molecule has 0 nitrogen and oxygen atoms in total. The van der Waals surface area contributed by atoms with Crippen LogP contribution in [0.4, 0.5) is 13.2 Å². The molecule has 0 saturated heterocycles. The molecule has 0 aromatic heterocycles. The molecule has 0 amide bonds. The summed E-state index contributed by atoms with van der Waals surface area (Å²) in [6, 6.07) is 22.0. The standard InChI is InChI=1S/C16H19I.CHF3/c1-16(2,3)17(14-10-6-4-7-11-14)15-12-8-5-9-13-15;2-1(3)4/h4-13H,1-3H3;1H. The minimum Gasteiger partial charge on any atom is -0.174 e. The van der Waals surface area contributed by atoms with Crippen LogP contribution in [0, 0.1) is 7.14 Å². The van der Waals surface area contributed by atoms with Crippen molar-refractivity contribution >= 4 is 19.8 Å².